The van der Waals surface area contributed by atoms with E-state index in [9.17, 15) is 14.0 Å². The Kier molecular flexibility index (Phi) is 6.52. The van der Waals surface area contributed by atoms with E-state index in [-0.39, 0.29) is 17.1 Å². The van der Waals surface area contributed by atoms with E-state index >= 15 is 0 Å². The van der Waals surface area contributed by atoms with Crippen molar-refractivity contribution in [2.75, 3.05) is 10.6 Å². The molecule has 1 unspecified atom stereocenters. The molecule has 0 fully saturated rings. The van der Waals surface area contributed by atoms with Gasteiger partial charge in [0.05, 0.1) is 5.25 Å². The van der Waals surface area contributed by atoms with Crippen LogP contribution in [0.15, 0.2) is 95.9 Å². The van der Waals surface area contributed by atoms with Gasteiger partial charge in [-0.2, -0.15) is 0 Å². The zero-order valence-electron chi connectivity index (χ0n) is 17.3. The van der Waals surface area contributed by atoms with Crippen molar-refractivity contribution in [2.45, 2.75) is 17.1 Å². The van der Waals surface area contributed by atoms with Crippen LogP contribution in [0, 0.1) is 5.82 Å². The average molecular weight is 445 g/mol. The molecular formula is C26H21FN2O2S. The molecule has 0 bridgehead atoms. The summed E-state index contributed by atoms with van der Waals surface area (Å²) < 4.78 is 13.1. The number of hydrogen-bond acceptors (Lipinski definition) is 3. The molecule has 0 aromatic heterocycles. The monoisotopic (exact) mass is 444 g/mol. The van der Waals surface area contributed by atoms with Crippen LogP contribution in [0.5, 0.6) is 0 Å². The minimum Gasteiger partial charge on any atom is -0.325 e. The third-order valence-corrected chi connectivity index (χ3v) is 6.02. The van der Waals surface area contributed by atoms with E-state index in [2.05, 4.69) is 10.6 Å². The first-order valence-corrected chi connectivity index (χ1v) is 11.0. The minimum absolute atomic E-state index is 0.105. The standard InChI is InChI=1S/C26H21FN2O2S/c1-17(25(30)29-24-11-4-7-18-6-2-3-10-23(18)24)32-22-9-5-8-21(16-22)28-26(31)19-12-14-20(27)15-13-19/h2-17H,1H3,(H,28,31)(H,29,30). The van der Waals surface area contributed by atoms with E-state index in [1.54, 1.807) is 6.07 Å². The van der Waals surface area contributed by atoms with E-state index in [4.69, 9.17) is 0 Å². The number of halogens is 1. The van der Waals surface area contributed by atoms with Crippen LogP contribution in [-0.2, 0) is 4.79 Å². The van der Waals surface area contributed by atoms with E-state index in [0.717, 1.165) is 21.4 Å². The van der Waals surface area contributed by atoms with Crippen molar-refractivity contribution in [3.63, 3.8) is 0 Å². The summed E-state index contributed by atoms with van der Waals surface area (Å²) >= 11 is 1.40. The first-order valence-electron chi connectivity index (χ1n) is 10.1. The Morgan fingerprint density at radius 1 is 0.844 bits per heavy atom. The first-order chi connectivity index (χ1) is 15.5. The molecule has 4 nitrogen and oxygen atoms in total. The quantitative estimate of drug-likeness (QED) is 0.341. The number of amides is 2. The summed E-state index contributed by atoms with van der Waals surface area (Å²) in [4.78, 5) is 26.0. The topological polar surface area (TPSA) is 58.2 Å². The van der Waals surface area contributed by atoms with Gasteiger partial charge >= 0.3 is 0 Å². The van der Waals surface area contributed by atoms with E-state index in [0.29, 0.717) is 11.3 Å². The molecule has 0 saturated carbocycles. The fourth-order valence-electron chi connectivity index (χ4n) is 3.28. The summed E-state index contributed by atoms with van der Waals surface area (Å²) in [5, 5.41) is 7.53. The van der Waals surface area contributed by atoms with Crippen LogP contribution in [0.2, 0.25) is 0 Å². The third kappa shape index (κ3) is 5.15. The number of hydrogen-bond donors (Lipinski definition) is 2. The number of rotatable bonds is 6. The molecule has 4 rings (SSSR count). The van der Waals surface area contributed by atoms with Gasteiger partial charge in [0.25, 0.3) is 5.91 Å². The number of nitrogens with one attached hydrogen (secondary N) is 2. The highest BCUT2D eigenvalue weighted by atomic mass is 32.2. The number of anilines is 2. The van der Waals surface area contributed by atoms with Crippen molar-refractivity contribution in [1.82, 2.24) is 0 Å². The lowest BCUT2D eigenvalue weighted by Crippen LogP contribution is -2.22. The Bertz CT molecular complexity index is 1270. The van der Waals surface area contributed by atoms with Gasteiger partial charge in [0.15, 0.2) is 0 Å². The molecular weight excluding hydrogens is 423 g/mol. The molecule has 6 heteroatoms. The highest BCUT2D eigenvalue weighted by molar-refractivity contribution is 8.00. The number of carbonyl (C=O) groups excluding carboxylic acids is 2. The molecule has 0 aliphatic heterocycles. The van der Waals surface area contributed by atoms with Crippen molar-refractivity contribution in [1.29, 1.82) is 0 Å². The molecule has 0 saturated heterocycles. The summed E-state index contributed by atoms with van der Waals surface area (Å²) in [7, 11) is 0. The highest BCUT2D eigenvalue weighted by Gasteiger charge is 2.16. The van der Waals surface area contributed by atoms with Crippen LogP contribution in [0.1, 0.15) is 17.3 Å². The molecule has 4 aromatic carbocycles. The molecule has 2 amide bonds. The SMILES string of the molecule is CC(Sc1cccc(NC(=O)c2ccc(F)cc2)c1)C(=O)Nc1cccc2ccccc12. The molecule has 32 heavy (non-hydrogen) atoms. The van der Waals surface area contributed by atoms with Crippen molar-refractivity contribution in [3.05, 3.63) is 102 Å². The number of thioether (sulfide) groups is 1. The lowest BCUT2D eigenvalue weighted by molar-refractivity contribution is -0.115. The second kappa shape index (κ2) is 9.66. The summed E-state index contributed by atoms with van der Waals surface area (Å²) in [6, 6.07) is 26.4. The van der Waals surface area contributed by atoms with Crippen molar-refractivity contribution in [2.24, 2.45) is 0 Å². The largest absolute Gasteiger partial charge is 0.325 e. The minimum atomic E-state index is -0.393. The van der Waals surface area contributed by atoms with Crippen molar-refractivity contribution < 1.29 is 14.0 Å². The predicted molar refractivity (Wildman–Crippen MR) is 129 cm³/mol. The fraction of sp³-hybridized carbons (Fsp3) is 0.0769. The highest BCUT2D eigenvalue weighted by Crippen LogP contribution is 2.28. The van der Waals surface area contributed by atoms with Crippen molar-refractivity contribution >= 4 is 45.7 Å². The lowest BCUT2D eigenvalue weighted by atomic mass is 10.1. The van der Waals surface area contributed by atoms with Gasteiger partial charge in [-0.15, -0.1) is 11.8 Å². The average Bonchev–Trinajstić information content (AvgIpc) is 2.80. The van der Waals surface area contributed by atoms with Gasteiger partial charge < -0.3 is 10.6 Å². The summed E-state index contributed by atoms with van der Waals surface area (Å²) in [5.74, 6) is -0.822. The molecule has 0 spiro atoms. The van der Waals surface area contributed by atoms with Gasteiger partial charge in [-0.1, -0.05) is 42.5 Å². The number of benzene rings is 4. The van der Waals surface area contributed by atoms with Crippen LogP contribution < -0.4 is 10.6 Å². The Hall–Kier alpha value is -3.64. The van der Waals surface area contributed by atoms with Crippen LogP contribution in [0.3, 0.4) is 0 Å². The van der Waals surface area contributed by atoms with Crippen LogP contribution in [-0.4, -0.2) is 17.1 Å². The van der Waals surface area contributed by atoms with E-state index < -0.39 is 5.82 Å². The Balaban J connectivity index is 1.41. The number of fused-ring (bicyclic) bond motifs is 1. The van der Waals surface area contributed by atoms with Gasteiger partial charge in [0.2, 0.25) is 5.91 Å². The lowest BCUT2D eigenvalue weighted by Gasteiger charge is -2.14. The van der Waals surface area contributed by atoms with Gasteiger partial charge in [-0.05, 0) is 60.8 Å². The van der Waals surface area contributed by atoms with E-state index in [1.165, 1.54) is 36.0 Å². The van der Waals surface area contributed by atoms with Gasteiger partial charge in [-0.25, -0.2) is 4.39 Å². The zero-order chi connectivity index (χ0) is 22.5. The second-order valence-electron chi connectivity index (χ2n) is 7.26. The predicted octanol–water partition coefficient (Wildman–Crippen LogP) is 6.35. The van der Waals surface area contributed by atoms with E-state index in [1.807, 2.05) is 67.6 Å². The third-order valence-electron chi connectivity index (χ3n) is 4.93. The normalized spacial score (nSPS) is 11.7. The first kappa shape index (κ1) is 21.6. The Labute approximate surface area is 189 Å². The maximum Gasteiger partial charge on any atom is 0.255 e. The molecule has 0 radical (unpaired) electrons. The van der Waals surface area contributed by atoms with Crippen LogP contribution >= 0.6 is 11.8 Å². The zero-order valence-corrected chi connectivity index (χ0v) is 18.2. The summed E-state index contributed by atoms with van der Waals surface area (Å²) in [6.07, 6.45) is 0. The number of carbonyl (C=O) groups is 2. The second-order valence-corrected chi connectivity index (χ2v) is 8.68. The Morgan fingerprint density at radius 3 is 2.38 bits per heavy atom. The van der Waals surface area contributed by atoms with Gasteiger partial charge in [0, 0.05) is 27.2 Å². The van der Waals surface area contributed by atoms with Crippen molar-refractivity contribution in [3.8, 4) is 0 Å². The maximum atomic E-state index is 13.1. The van der Waals surface area contributed by atoms with Gasteiger partial charge in [0.1, 0.15) is 5.82 Å². The molecule has 2 N–H and O–H groups in total. The van der Waals surface area contributed by atoms with Gasteiger partial charge in [-0.3, -0.25) is 9.59 Å². The molecule has 4 aromatic rings. The molecule has 0 heterocycles. The maximum absolute atomic E-state index is 13.1. The fourth-order valence-corrected chi connectivity index (χ4v) is 4.20. The molecule has 0 aliphatic carbocycles. The Morgan fingerprint density at radius 2 is 1.56 bits per heavy atom. The molecule has 1 atom stereocenters. The smallest absolute Gasteiger partial charge is 0.255 e. The summed E-state index contributed by atoms with van der Waals surface area (Å²) in [6.45, 7) is 1.84. The molecule has 0 aliphatic rings. The molecule has 160 valence electrons. The van der Waals surface area contributed by atoms with Crippen LogP contribution in [0.4, 0.5) is 15.8 Å². The summed E-state index contributed by atoms with van der Waals surface area (Å²) in [5.41, 5.74) is 1.75. The van der Waals surface area contributed by atoms with Crippen LogP contribution in [0.25, 0.3) is 10.8 Å².